The average Bonchev–Trinajstić information content (AvgIpc) is 2.52. The fraction of sp³-hybridized carbons (Fsp3) is 0.125. The van der Waals surface area contributed by atoms with E-state index in [0.717, 1.165) is 10.5 Å². The van der Waals surface area contributed by atoms with Gasteiger partial charge in [0.1, 0.15) is 0 Å². The normalized spacial score (nSPS) is 10.9. The van der Waals surface area contributed by atoms with Crippen LogP contribution in [0.15, 0.2) is 67.4 Å². The lowest BCUT2D eigenvalue weighted by Crippen LogP contribution is -2.25. The second-order valence-electron chi connectivity index (χ2n) is 4.61. The first-order valence-corrected chi connectivity index (χ1v) is 7.67. The van der Waals surface area contributed by atoms with Gasteiger partial charge in [0.05, 0.1) is 17.4 Å². The molecule has 106 valence electrons. The molecular weight excluding hydrogens is 286 g/mol. The van der Waals surface area contributed by atoms with E-state index in [-0.39, 0.29) is 0 Å². The van der Waals surface area contributed by atoms with Crippen molar-refractivity contribution in [3.05, 3.63) is 75.1 Å². The maximum Gasteiger partial charge on any atom is 0.422 e. The Morgan fingerprint density at radius 2 is 1.86 bits per heavy atom. The lowest BCUT2D eigenvalue weighted by Gasteiger charge is -2.09. The van der Waals surface area contributed by atoms with E-state index in [0.29, 0.717) is 17.4 Å². The minimum Gasteiger partial charge on any atom is -0.372 e. The van der Waals surface area contributed by atoms with Gasteiger partial charge in [-0.05, 0) is 30.0 Å². The Kier molecular flexibility index (Phi) is 3.66. The zero-order valence-corrected chi connectivity index (χ0v) is 12.2. The van der Waals surface area contributed by atoms with Crippen LogP contribution in [0.1, 0.15) is 5.56 Å². The van der Waals surface area contributed by atoms with Crippen molar-refractivity contribution in [3.63, 3.8) is 0 Å². The van der Waals surface area contributed by atoms with E-state index in [1.807, 2.05) is 42.7 Å². The Morgan fingerprint density at radius 3 is 2.57 bits per heavy atom. The molecule has 0 unspecified atom stereocenters. The lowest BCUT2D eigenvalue weighted by molar-refractivity contribution is 0.424. The third-order valence-electron chi connectivity index (χ3n) is 3.30. The van der Waals surface area contributed by atoms with E-state index < -0.39 is 11.4 Å². The first-order valence-electron chi connectivity index (χ1n) is 6.44. The maximum atomic E-state index is 12.0. The summed E-state index contributed by atoms with van der Waals surface area (Å²) in [5.41, 5.74) is 0.983. The summed E-state index contributed by atoms with van der Waals surface area (Å²) in [6.45, 7) is 0.374. The molecule has 1 aromatic heterocycles. The molecule has 0 N–H and O–H groups in total. The summed E-state index contributed by atoms with van der Waals surface area (Å²) in [6, 6.07) is 15.0. The summed E-state index contributed by atoms with van der Waals surface area (Å²) in [5.74, 6) is -0.631. The van der Waals surface area contributed by atoms with Crippen molar-refractivity contribution in [2.75, 3.05) is 6.26 Å². The predicted molar refractivity (Wildman–Crippen MR) is 84.1 cm³/mol. The summed E-state index contributed by atoms with van der Waals surface area (Å²) in [7, 11) is 0. The zero-order valence-electron chi connectivity index (χ0n) is 11.4. The Labute approximate surface area is 125 Å². The van der Waals surface area contributed by atoms with Crippen molar-refractivity contribution in [2.24, 2.45) is 0 Å². The van der Waals surface area contributed by atoms with Crippen LogP contribution < -0.4 is 11.4 Å². The molecule has 0 aliphatic heterocycles. The first kappa shape index (κ1) is 13.7. The van der Waals surface area contributed by atoms with Crippen LogP contribution in [0.25, 0.3) is 10.9 Å². The van der Waals surface area contributed by atoms with E-state index in [1.165, 1.54) is 16.3 Å². The number of hydrogen-bond donors (Lipinski definition) is 0. The monoisotopic (exact) mass is 299 g/mol. The largest absolute Gasteiger partial charge is 0.422 e. The van der Waals surface area contributed by atoms with E-state index >= 15 is 0 Å². The minimum atomic E-state index is -0.631. The molecule has 0 bridgehead atoms. The molecule has 3 rings (SSSR count). The van der Waals surface area contributed by atoms with Crippen LogP contribution in [0.5, 0.6) is 0 Å². The average molecular weight is 299 g/mol. The highest BCUT2D eigenvalue weighted by Gasteiger charge is 2.10. The molecule has 21 heavy (non-hydrogen) atoms. The smallest absolute Gasteiger partial charge is 0.372 e. The molecule has 3 aromatic rings. The van der Waals surface area contributed by atoms with Crippen molar-refractivity contribution >= 4 is 22.7 Å². The van der Waals surface area contributed by atoms with E-state index in [9.17, 15) is 9.59 Å². The number of nitrogens with zero attached hydrogens (tertiary/aromatic N) is 1. The second kappa shape index (κ2) is 5.61. The summed E-state index contributed by atoms with van der Waals surface area (Å²) in [6.07, 6.45) is 1.93. The van der Waals surface area contributed by atoms with E-state index in [1.54, 1.807) is 12.1 Å². The van der Waals surface area contributed by atoms with Gasteiger partial charge in [0.25, 0.3) is 0 Å². The molecule has 0 saturated heterocycles. The second-order valence-corrected chi connectivity index (χ2v) is 5.49. The molecule has 4 nitrogen and oxygen atoms in total. The zero-order chi connectivity index (χ0) is 14.8. The van der Waals surface area contributed by atoms with Gasteiger partial charge in [0, 0.05) is 4.90 Å². The van der Waals surface area contributed by atoms with Crippen molar-refractivity contribution in [1.29, 1.82) is 0 Å². The van der Waals surface area contributed by atoms with Gasteiger partial charge in [0.2, 0.25) is 0 Å². The number of rotatable bonds is 3. The highest BCUT2D eigenvalue weighted by Crippen LogP contribution is 2.19. The van der Waals surface area contributed by atoms with Crippen LogP contribution in [0.2, 0.25) is 0 Å². The first-order chi connectivity index (χ1) is 10.2. The Balaban J connectivity index is 2.22. The molecule has 0 aliphatic carbocycles. The number of aromatic nitrogens is 1. The molecule has 0 atom stereocenters. The topological polar surface area (TPSA) is 52.2 Å². The third kappa shape index (κ3) is 2.64. The molecule has 0 spiro atoms. The predicted octanol–water partition coefficient (Wildman–Crippen LogP) is 2.72. The van der Waals surface area contributed by atoms with Crippen LogP contribution in [0.3, 0.4) is 0 Å². The minimum absolute atomic E-state index is 0.374. The van der Waals surface area contributed by atoms with Crippen LogP contribution >= 0.6 is 11.8 Å². The lowest BCUT2D eigenvalue weighted by atomic mass is 10.2. The van der Waals surface area contributed by atoms with Gasteiger partial charge < -0.3 is 4.42 Å². The number of fused-ring (bicyclic) bond motifs is 1. The summed E-state index contributed by atoms with van der Waals surface area (Å²) in [5, 5.41) is 0.428. The van der Waals surface area contributed by atoms with Gasteiger partial charge in [-0.1, -0.05) is 30.3 Å². The van der Waals surface area contributed by atoms with Gasteiger partial charge in [-0.3, -0.25) is 4.57 Å². The molecule has 0 radical (unpaired) electrons. The molecule has 2 aromatic carbocycles. The van der Waals surface area contributed by atoms with E-state index in [2.05, 4.69) is 0 Å². The highest BCUT2D eigenvalue weighted by molar-refractivity contribution is 7.98. The van der Waals surface area contributed by atoms with Crippen LogP contribution in [0, 0.1) is 0 Å². The third-order valence-corrected chi connectivity index (χ3v) is 4.02. The van der Waals surface area contributed by atoms with Crippen LogP contribution in [0.4, 0.5) is 0 Å². The van der Waals surface area contributed by atoms with Crippen molar-refractivity contribution in [3.8, 4) is 0 Å². The standard InChI is InChI=1S/C16H13NO3S/c1-21-12-7-8-14-13(9-12)15(18)20-16(19)17(14)10-11-5-3-2-4-6-11/h2-9H,10H2,1H3. The maximum absolute atomic E-state index is 12.0. The van der Waals surface area contributed by atoms with Crippen molar-refractivity contribution in [1.82, 2.24) is 4.57 Å². The molecule has 0 saturated carbocycles. The highest BCUT2D eigenvalue weighted by atomic mass is 32.2. The van der Waals surface area contributed by atoms with Gasteiger partial charge in [-0.2, -0.15) is 0 Å². The Bertz CT molecular complexity index is 897. The van der Waals surface area contributed by atoms with Crippen LogP contribution in [-0.4, -0.2) is 10.8 Å². The molecule has 0 amide bonds. The van der Waals surface area contributed by atoms with Crippen molar-refractivity contribution in [2.45, 2.75) is 11.4 Å². The Hall–Kier alpha value is -2.27. The molecule has 0 fully saturated rings. The SMILES string of the molecule is CSc1ccc2c(c1)c(=O)oc(=O)n2Cc1ccccc1. The summed E-state index contributed by atoms with van der Waals surface area (Å²) >= 11 is 1.54. The van der Waals surface area contributed by atoms with E-state index in [4.69, 9.17) is 4.42 Å². The number of thioether (sulfide) groups is 1. The van der Waals surface area contributed by atoms with Gasteiger partial charge in [0.15, 0.2) is 0 Å². The van der Waals surface area contributed by atoms with Crippen LogP contribution in [-0.2, 0) is 6.54 Å². The number of benzene rings is 2. The Morgan fingerprint density at radius 1 is 1.10 bits per heavy atom. The molecule has 1 heterocycles. The summed E-state index contributed by atoms with van der Waals surface area (Å²) in [4.78, 5) is 24.8. The van der Waals surface area contributed by atoms with Gasteiger partial charge >= 0.3 is 11.4 Å². The molecular formula is C16H13NO3S. The molecule has 5 heteroatoms. The van der Waals surface area contributed by atoms with Gasteiger partial charge in [-0.25, -0.2) is 9.59 Å². The fourth-order valence-electron chi connectivity index (χ4n) is 2.24. The quantitative estimate of drug-likeness (QED) is 0.698. The fourth-order valence-corrected chi connectivity index (χ4v) is 2.68. The van der Waals surface area contributed by atoms with Crippen molar-refractivity contribution < 1.29 is 4.42 Å². The molecule has 0 aliphatic rings. The summed E-state index contributed by atoms with van der Waals surface area (Å²) < 4.78 is 6.32. The number of hydrogen-bond acceptors (Lipinski definition) is 4. The van der Waals surface area contributed by atoms with Gasteiger partial charge in [-0.15, -0.1) is 11.8 Å².